The van der Waals surface area contributed by atoms with Crippen molar-refractivity contribution in [2.45, 2.75) is 32.7 Å². The Morgan fingerprint density at radius 2 is 2.21 bits per heavy atom. The number of hydrogen-bond donors (Lipinski definition) is 0. The van der Waals surface area contributed by atoms with E-state index in [1.807, 2.05) is 6.07 Å². The van der Waals surface area contributed by atoms with Gasteiger partial charge in [0.05, 0.1) is 7.11 Å². The average Bonchev–Trinajstić information content (AvgIpc) is 2.21. The number of unbranched alkanes of at least 4 members (excludes halogenated alkanes) is 2. The van der Waals surface area contributed by atoms with Crippen LogP contribution in [0.5, 0.6) is 5.75 Å². The Hall–Kier alpha value is -1.25. The Balaban J connectivity index is 2.72. The summed E-state index contributed by atoms with van der Waals surface area (Å²) in [6, 6.07) is 3.53. The topological polar surface area (TPSA) is 31.2 Å². The van der Waals surface area contributed by atoms with E-state index in [0.717, 1.165) is 19.4 Å². The molecule has 1 heterocycles. The zero-order valence-electron chi connectivity index (χ0n) is 8.82. The third-order valence-electron chi connectivity index (χ3n) is 2.21. The van der Waals surface area contributed by atoms with Gasteiger partial charge in [0.25, 0.3) is 5.56 Å². The number of aryl methyl sites for hydroxylation is 1. The van der Waals surface area contributed by atoms with E-state index in [0.29, 0.717) is 5.75 Å². The molecule has 1 aromatic heterocycles. The highest BCUT2D eigenvalue weighted by Crippen LogP contribution is 2.02. The van der Waals surface area contributed by atoms with Gasteiger partial charge in [-0.05, 0) is 18.6 Å². The van der Waals surface area contributed by atoms with Crippen molar-refractivity contribution in [3.63, 3.8) is 0 Å². The number of methoxy groups -OCH3 is 1. The normalized spacial score (nSPS) is 10.1. The van der Waals surface area contributed by atoms with E-state index in [2.05, 4.69) is 6.92 Å². The van der Waals surface area contributed by atoms with Crippen molar-refractivity contribution in [3.05, 3.63) is 28.7 Å². The van der Waals surface area contributed by atoms with Gasteiger partial charge in [0, 0.05) is 12.7 Å². The van der Waals surface area contributed by atoms with E-state index >= 15 is 0 Å². The van der Waals surface area contributed by atoms with Crippen molar-refractivity contribution in [2.75, 3.05) is 7.11 Å². The maximum Gasteiger partial charge on any atom is 0.292 e. The number of nitrogens with zero attached hydrogens (tertiary/aromatic N) is 1. The molecule has 1 rings (SSSR count). The summed E-state index contributed by atoms with van der Waals surface area (Å²) in [5, 5.41) is 0. The number of ether oxygens (including phenoxy) is 1. The molecule has 0 unspecified atom stereocenters. The van der Waals surface area contributed by atoms with Crippen LogP contribution in [0.4, 0.5) is 0 Å². The van der Waals surface area contributed by atoms with Crippen LogP contribution < -0.4 is 10.3 Å². The molecule has 0 fully saturated rings. The van der Waals surface area contributed by atoms with Crippen LogP contribution in [0.15, 0.2) is 23.1 Å². The molecule has 78 valence electrons. The highest BCUT2D eigenvalue weighted by Gasteiger charge is 2.01. The molecule has 0 N–H and O–H groups in total. The molecule has 0 aliphatic carbocycles. The fourth-order valence-electron chi connectivity index (χ4n) is 1.38. The minimum Gasteiger partial charge on any atom is -0.491 e. The van der Waals surface area contributed by atoms with E-state index in [4.69, 9.17) is 4.74 Å². The third kappa shape index (κ3) is 2.62. The van der Waals surface area contributed by atoms with E-state index < -0.39 is 0 Å². The third-order valence-corrected chi connectivity index (χ3v) is 2.21. The monoisotopic (exact) mass is 195 g/mol. The predicted molar refractivity (Wildman–Crippen MR) is 56.8 cm³/mol. The molecule has 3 nitrogen and oxygen atoms in total. The van der Waals surface area contributed by atoms with Crippen LogP contribution in [0.1, 0.15) is 26.2 Å². The Bertz CT molecular complexity index is 330. The van der Waals surface area contributed by atoms with Crippen molar-refractivity contribution in [2.24, 2.45) is 0 Å². The standard InChI is InChI=1S/C11H17NO2/c1-3-4-5-8-12-9-6-7-10(14-2)11(12)13/h6-7,9H,3-5,8H2,1-2H3. The smallest absolute Gasteiger partial charge is 0.292 e. The van der Waals surface area contributed by atoms with Gasteiger partial charge in [-0.2, -0.15) is 0 Å². The number of pyridine rings is 1. The highest BCUT2D eigenvalue weighted by molar-refractivity contribution is 5.16. The summed E-state index contributed by atoms with van der Waals surface area (Å²) in [6.07, 6.45) is 5.17. The summed E-state index contributed by atoms with van der Waals surface area (Å²) in [5.41, 5.74) is -0.0360. The molecule has 0 aromatic carbocycles. The first kappa shape index (κ1) is 10.8. The fourth-order valence-corrected chi connectivity index (χ4v) is 1.38. The second-order valence-corrected chi connectivity index (χ2v) is 3.28. The van der Waals surface area contributed by atoms with Gasteiger partial charge in [-0.3, -0.25) is 4.79 Å². The first-order valence-electron chi connectivity index (χ1n) is 5.03. The van der Waals surface area contributed by atoms with Crippen molar-refractivity contribution in [1.82, 2.24) is 4.57 Å². The molecule has 1 aromatic rings. The quantitative estimate of drug-likeness (QED) is 0.673. The number of hydrogen-bond acceptors (Lipinski definition) is 2. The van der Waals surface area contributed by atoms with Gasteiger partial charge < -0.3 is 9.30 Å². The molecule has 0 saturated heterocycles. The number of aromatic nitrogens is 1. The molecule has 3 heteroatoms. The van der Waals surface area contributed by atoms with Gasteiger partial charge in [0.15, 0.2) is 5.75 Å². The first-order valence-corrected chi connectivity index (χ1v) is 5.03. The highest BCUT2D eigenvalue weighted by atomic mass is 16.5. The Morgan fingerprint density at radius 1 is 1.43 bits per heavy atom. The molecule has 0 aliphatic rings. The summed E-state index contributed by atoms with van der Waals surface area (Å²) in [5.74, 6) is 0.420. The van der Waals surface area contributed by atoms with E-state index in [9.17, 15) is 4.79 Å². The molecule has 0 spiro atoms. The van der Waals surface area contributed by atoms with Gasteiger partial charge in [-0.25, -0.2) is 0 Å². The molecule has 14 heavy (non-hydrogen) atoms. The van der Waals surface area contributed by atoms with E-state index in [1.165, 1.54) is 13.5 Å². The van der Waals surface area contributed by atoms with Gasteiger partial charge in [-0.1, -0.05) is 19.8 Å². The lowest BCUT2D eigenvalue weighted by Gasteiger charge is -2.06. The molecule has 0 saturated carbocycles. The van der Waals surface area contributed by atoms with Crippen molar-refractivity contribution < 1.29 is 4.74 Å². The lowest BCUT2D eigenvalue weighted by molar-refractivity contribution is 0.401. The molecule has 0 amide bonds. The van der Waals surface area contributed by atoms with Crippen LogP contribution in [0.3, 0.4) is 0 Å². The Labute approximate surface area is 84.3 Å². The zero-order chi connectivity index (χ0) is 10.4. The lowest BCUT2D eigenvalue weighted by Crippen LogP contribution is -2.20. The maximum absolute atomic E-state index is 11.6. The van der Waals surface area contributed by atoms with Gasteiger partial charge >= 0.3 is 0 Å². The molecular formula is C11H17NO2. The number of rotatable bonds is 5. The van der Waals surface area contributed by atoms with Crippen LogP contribution in [-0.4, -0.2) is 11.7 Å². The van der Waals surface area contributed by atoms with Crippen molar-refractivity contribution in [3.8, 4) is 5.75 Å². The van der Waals surface area contributed by atoms with Crippen molar-refractivity contribution >= 4 is 0 Å². The van der Waals surface area contributed by atoms with Gasteiger partial charge in [-0.15, -0.1) is 0 Å². The molecule has 0 aliphatic heterocycles. The van der Waals surface area contributed by atoms with Gasteiger partial charge in [0.1, 0.15) is 0 Å². The van der Waals surface area contributed by atoms with Crippen LogP contribution in [0.2, 0.25) is 0 Å². The van der Waals surface area contributed by atoms with Crippen LogP contribution in [0.25, 0.3) is 0 Å². The Kier molecular flexibility index (Phi) is 4.23. The second-order valence-electron chi connectivity index (χ2n) is 3.28. The lowest BCUT2D eigenvalue weighted by atomic mass is 10.2. The summed E-state index contributed by atoms with van der Waals surface area (Å²) in [4.78, 5) is 11.6. The van der Waals surface area contributed by atoms with Crippen molar-refractivity contribution in [1.29, 1.82) is 0 Å². The predicted octanol–water partition coefficient (Wildman–Crippen LogP) is 2.05. The second kappa shape index (κ2) is 5.47. The molecule has 0 atom stereocenters. The summed E-state index contributed by atoms with van der Waals surface area (Å²) in [6.45, 7) is 2.93. The molecule has 0 radical (unpaired) electrons. The summed E-state index contributed by atoms with van der Waals surface area (Å²) in [7, 11) is 1.52. The molecule has 0 bridgehead atoms. The first-order chi connectivity index (χ1) is 6.79. The zero-order valence-corrected chi connectivity index (χ0v) is 8.82. The van der Waals surface area contributed by atoms with Crippen LogP contribution >= 0.6 is 0 Å². The molecular weight excluding hydrogens is 178 g/mol. The SMILES string of the molecule is CCCCCn1cccc(OC)c1=O. The fraction of sp³-hybridized carbons (Fsp3) is 0.545. The van der Waals surface area contributed by atoms with E-state index in [-0.39, 0.29) is 5.56 Å². The largest absolute Gasteiger partial charge is 0.491 e. The van der Waals surface area contributed by atoms with Crippen LogP contribution in [0, 0.1) is 0 Å². The maximum atomic E-state index is 11.6. The average molecular weight is 195 g/mol. The summed E-state index contributed by atoms with van der Waals surface area (Å²) >= 11 is 0. The summed E-state index contributed by atoms with van der Waals surface area (Å²) < 4.78 is 6.66. The van der Waals surface area contributed by atoms with Gasteiger partial charge in [0.2, 0.25) is 0 Å². The Morgan fingerprint density at radius 3 is 2.86 bits per heavy atom. The van der Waals surface area contributed by atoms with Crippen LogP contribution in [-0.2, 0) is 6.54 Å². The minimum atomic E-state index is -0.0360. The van der Waals surface area contributed by atoms with E-state index in [1.54, 1.807) is 16.8 Å². The minimum absolute atomic E-state index is 0.0360.